The van der Waals surface area contributed by atoms with Gasteiger partial charge >= 0.3 is 0 Å². The van der Waals surface area contributed by atoms with Crippen LogP contribution in [0, 0.1) is 0 Å². The fourth-order valence-corrected chi connectivity index (χ4v) is 6.27. The molecule has 0 aromatic heterocycles. The molecule has 3 aromatic rings. The van der Waals surface area contributed by atoms with Gasteiger partial charge in [0.25, 0.3) is 0 Å². The number of carbonyl (C=O) groups is 1. The summed E-state index contributed by atoms with van der Waals surface area (Å²) in [4.78, 5) is 16.5. The molecule has 0 spiro atoms. The highest BCUT2D eigenvalue weighted by Gasteiger charge is 2.27. The van der Waals surface area contributed by atoms with E-state index in [0.29, 0.717) is 18.2 Å². The maximum absolute atomic E-state index is 13.0. The van der Waals surface area contributed by atoms with Crippen molar-refractivity contribution in [1.29, 1.82) is 0 Å². The van der Waals surface area contributed by atoms with Gasteiger partial charge in [0, 0.05) is 52.1 Å². The van der Waals surface area contributed by atoms with Gasteiger partial charge in [0.05, 0.1) is 0 Å². The molecule has 4 nitrogen and oxygen atoms in total. The predicted octanol–water partition coefficient (Wildman–Crippen LogP) is 11.0. The van der Waals surface area contributed by atoms with Crippen LogP contribution in [-0.2, 0) is 15.6 Å². The van der Waals surface area contributed by atoms with E-state index >= 15 is 0 Å². The first-order valence-electron chi connectivity index (χ1n) is 16.1. The first-order valence-corrected chi connectivity index (χ1v) is 16.9. The topological polar surface area (TPSA) is 52.6 Å². The number of aromatic hydroxyl groups is 1. The van der Waals surface area contributed by atoms with Crippen LogP contribution in [0.2, 0.25) is 0 Å². The van der Waals surface area contributed by atoms with Crippen molar-refractivity contribution in [1.82, 2.24) is 0 Å². The summed E-state index contributed by atoms with van der Waals surface area (Å²) in [5, 5.41) is 14.7. The Morgan fingerprint density at radius 1 is 0.837 bits per heavy atom. The lowest BCUT2D eigenvalue weighted by atomic mass is 9.79. The number of nitrogens with zero attached hydrogens (tertiary/aromatic N) is 1. The predicted molar refractivity (Wildman–Crippen MR) is 187 cm³/mol. The van der Waals surface area contributed by atoms with E-state index in [9.17, 15) is 9.90 Å². The Kier molecular flexibility index (Phi) is 12.6. The third-order valence-electron chi connectivity index (χ3n) is 7.98. The number of para-hydroxylation sites is 1. The zero-order chi connectivity index (χ0) is 31.6. The number of anilines is 3. The molecule has 0 heterocycles. The van der Waals surface area contributed by atoms with Crippen LogP contribution in [0.4, 0.5) is 17.1 Å². The van der Waals surface area contributed by atoms with Crippen molar-refractivity contribution in [2.75, 3.05) is 16.8 Å². The molecule has 43 heavy (non-hydrogen) atoms. The van der Waals surface area contributed by atoms with Crippen LogP contribution in [0.5, 0.6) is 5.75 Å². The van der Waals surface area contributed by atoms with Gasteiger partial charge in [0.15, 0.2) is 5.12 Å². The van der Waals surface area contributed by atoms with Crippen molar-refractivity contribution in [3.05, 3.63) is 77.9 Å². The maximum atomic E-state index is 13.0. The van der Waals surface area contributed by atoms with Crippen LogP contribution in [0.25, 0.3) is 0 Å². The van der Waals surface area contributed by atoms with Gasteiger partial charge in [-0.15, -0.1) is 0 Å². The molecule has 0 aliphatic rings. The molecule has 3 rings (SSSR count). The van der Waals surface area contributed by atoms with Crippen LogP contribution in [0.1, 0.15) is 111 Å². The lowest BCUT2D eigenvalue weighted by Gasteiger charge is -2.32. The highest BCUT2D eigenvalue weighted by molar-refractivity contribution is 8.13. The molecule has 0 saturated heterocycles. The number of phenolic OH excluding ortho intramolecular Hbond substituents is 1. The Bertz CT molecular complexity index is 1260. The third kappa shape index (κ3) is 10.6. The number of hydrogen-bond donors (Lipinski definition) is 2. The van der Waals surface area contributed by atoms with E-state index < -0.39 is 0 Å². The quantitative estimate of drug-likeness (QED) is 0.142. The Balaban J connectivity index is 1.57. The highest BCUT2D eigenvalue weighted by atomic mass is 32.2. The average molecular weight is 603 g/mol. The monoisotopic (exact) mass is 602 g/mol. The average Bonchev–Trinajstić information content (AvgIpc) is 2.94. The number of unbranched alkanes of at least 4 members (excludes halogenated alkanes) is 3. The molecule has 0 aliphatic heterocycles. The fourth-order valence-electron chi connectivity index (χ4n) is 5.40. The van der Waals surface area contributed by atoms with Gasteiger partial charge in [0.1, 0.15) is 5.75 Å². The minimum absolute atomic E-state index is 0.195. The van der Waals surface area contributed by atoms with E-state index in [2.05, 4.69) is 102 Å². The van der Waals surface area contributed by atoms with Crippen LogP contribution >= 0.6 is 11.8 Å². The molecule has 0 amide bonds. The summed E-state index contributed by atoms with van der Waals surface area (Å²) >= 11 is 1.32. The summed E-state index contributed by atoms with van der Waals surface area (Å²) in [5.74, 6) is 0.358. The molecule has 234 valence electrons. The van der Waals surface area contributed by atoms with Gasteiger partial charge < -0.3 is 15.3 Å². The molecular weight excluding hydrogens is 548 g/mol. The summed E-state index contributed by atoms with van der Waals surface area (Å²) in [6.07, 6.45) is 7.13. The van der Waals surface area contributed by atoms with Crippen LogP contribution in [0.15, 0.2) is 71.6 Å². The summed E-state index contributed by atoms with van der Waals surface area (Å²) in [5.41, 5.74) is 4.82. The number of thioether (sulfide) groups is 1. The van der Waals surface area contributed by atoms with E-state index in [0.717, 1.165) is 53.2 Å². The van der Waals surface area contributed by atoms with E-state index in [1.165, 1.54) is 36.7 Å². The van der Waals surface area contributed by atoms with Crippen LogP contribution < -0.4 is 10.2 Å². The van der Waals surface area contributed by atoms with Gasteiger partial charge in [-0.05, 0) is 85.5 Å². The first-order chi connectivity index (χ1) is 20.3. The zero-order valence-corrected chi connectivity index (χ0v) is 28.6. The minimum Gasteiger partial charge on any atom is -0.507 e. The van der Waals surface area contributed by atoms with Gasteiger partial charge in [-0.1, -0.05) is 97.7 Å². The Morgan fingerprint density at radius 2 is 1.42 bits per heavy atom. The van der Waals surface area contributed by atoms with E-state index in [1.54, 1.807) is 0 Å². The maximum Gasteiger partial charge on any atom is 0.193 e. The SMILES string of the molecule is CCCCC(C)N(CCCCCC(=O)Sc1cc(C(C)(C)C)c(O)c(C(C)(C)C)c1)c1ccc(Nc2ccccc2)cc1. The summed E-state index contributed by atoms with van der Waals surface area (Å²) in [6.45, 7) is 18.2. The van der Waals surface area contributed by atoms with Crippen molar-refractivity contribution in [3.63, 3.8) is 0 Å². The highest BCUT2D eigenvalue weighted by Crippen LogP contribution is 2.42. The second-order valence-corrected chi connectivity index (χ2v) is 15.0. The normalized spacial score (nSPS) is 12.7. The number of nitrogens with one attached hydrogen (secondary N) is 1. The Morgan fingerprint density at radius 3 is 1.98 bits per heavy atom. The molecule has 2 N–H and O–H groups in total. The Labute approximate surface area is 265 Å². The van der Waals surface area contributed by atoms with Gasteiger partial charge in [-0.3, -0.25) is 4.79 Å². The number of carbonyl (C=O) groups excluding carboxylic acids is 1. The van der Waals surface area contributed by atoms with E-state index in [4.69, 9.17) is 0 Å². The molecule has 5 heteroatoms. The second-order valence-electron chi connectivity index (χ2n) is 13.9. The molecular formula is C38H54N2O2S. The van der Waals surface area contributed by atoms with E-state index in [-0.39, 0.29) is 15.9 Å². The third-order valence-corrected chi connectivity index (χ3v) is 8.88. The van der Waals surface area contributed by atoms with Crippen LogP contribution in [-0.4, -0.2) is 22.8 Å². The van der Waals surface area contributed by atoms with E-state index in [1.807, 2.05) is 30.3 Å². The molecule has 0 saturated carbocycles. The molecule has 0 radical (unpaired) electrons. The zero-order valence-electron chi connectivity index (χ0n) is 27.8. The fraction of sp³-hybridized carbons (Fsp3) is 0.500. The molecule has 1 atom stereocenters. The van der Waals surface area contributed by atoms with Crippen molar-refractivity contribution in [2.45, 2.75) is 122 Å². The first kappa shape index (κ1) is 34.6. The standard InChI is InChI=1S/C38H54N2O2S/c1-9-10-17-28(2)40(31-23-21-30(22-24-31)39-29-18-13-11-14-19-29)25-16-12-15-20-35(41)43-32-26-33(37(3,4)5)36(42)34(27-32)38(6,7)8/h11,13-14,18-19,21-24,26-28,39,42H,9-10,12,15-17,20,25H2,1-8H3. The number of rotatable bonds is 14. The lowest BCUT2D eigenvalue weighted by Crippen LogP contribution is -2.34. The molecule has 0 aliphatic carbocycles. The second kappa shape index (κ2) is 15.7. The Hall–Kier alpha value is -2.92. The number of phenols is 1. The van der Waals surface area contributed by atoms with Crippen molar-refractivity contribution >= 4 is 33.9 Å². The van der Waals surface area contributed by atoms with Gasteiger partial charge in [-0.25, -0.2) is 0 Å². The van der Waals surface area contributed by atoms with Crippen molar-refractivity contribution < 1.29 is 9.90 Å². The molecule has 0 bridgehead atoms. The smallest absolute Gasteiger partial charge is 0.193 e. The van der Waals surface area contributed by atoms with Gasteiger partial charge in [0.2, 0.25) is 0 Å². The number of benzene rings is 3. The summed E-state index contributed by atoms with van der Waals surface area (Å²) in [6, 6.07) is 23.5. The largest absolute Gasteiger partial charge is 0.507 e. The lowest BCUT2D eigenvalue weighted by molar-refractivity contribution is -0.111. The van der Waals surface area contributed by atoms with Crippen molar-refractivity contribution in [2.24, 2.45) is 0 Å². The molecule has 1 unspecified atom stereocenters. The number of hydrogen-bond acceptors (Lipinski definition) is 5. The minimum atomic E-state index is -0.206. The van der Waals surface area contributed by atoms with Crippen molar-refractivity contribution in [3.8, 4) is 5.75 Å². The molecule has 3 aromatic carbocycles. The summed E-state index contributed by atoms with van der Waals surface area (Å²) in [7, 11) is 0. The summed E-state index contributed by atoms with van der Waals surface area (Å²) < 4.78 is 0. The molecule has 0 fully saturated rings. The van der Waals surface area contributed by atoms with Gasteiger partial charge in [-0.2, -0.15) is 0 Å². The van der Waals surface area contributed by atoms with Crippen LogP contribution in [0.3, 0.4) is 0 Å².